The fourth-order valence-corrected chi connectivity index (χ4v) is 2.62. The normalized spacial score (nSPS) is 11.9. The van der Waals surface area contributed by atoms with Crippen LogP contribution in [0.25, 0.3) is 0 Å². The molecule has 0 fully saturated rings. The average molecular weight is 475 g/mol. The highest BCUT2D eigenvalue weighted by Crippen LogP contribution is 2.17. The van der Waals surface area contributed by atoms with E-state index in [1.54, 1.807) is 19.2 Å². The molecular weight excluding hydrogens is 424 g/mol. The Morgan fingerprint density at radius 1 is 1.21 bits per heavy atom. The molecule has 0 spiro atoms. The number of nitrogens with zero attached hydrogens (tertiary/aromatic N) is 2. The third-order valence-electron chi connectivity index (χ3n) is 4.80. The molecule has 0 aliphatic rings. The van der Waals surface area contributed by atoms with Crippen LogP contribution in [0.2, 0.25) is 0 Å². The second-order valence-electron chi connectivity index (χ2n) is 9.45. The minimum absolute atomic E-state index is 0.0981. The fourth-order valence-electron chi connectivity index (χ4n) is 2.62. The number of amides is 1. The monoisotopic (exact) mass is 474 g/mol. The summed E-state index contributed by atoms with van der Waals surface area (Å²) in [5.74, 6) is 0.823. The predicted molar refractivity (Wildman–Crippen MR) is 148 cm³/mol. The Morgan fingerprint density at radius 3 is 2.12 bits per heavy atom. The molecule has 0 bridgehead atoms. The van der Waals surface area contributed by atoms with Crippen LogP contribution in [0.4, 0.5) is 0 Å². The van der Waals surface area contributed by atoms with Gasteiger partial charge in [0.15, 0.2) is 0 Å². The number of carbonyl (C=O) groups excluding carboxylic acids is 1. The summed E-state index contributed by atoms with van der Waals surface area (Å²) in [6.07, 6.45) is 5.06. The van der Waals surface area contributed by atoms with E-state index in [9.17, 15) is 4.79 Å². The minimum atomic E-state index is -0.0981. The van der Waals surface area contributed by atoms with Crippen molar-refractivity contribution in [1.82, 2.24) is 10.2 Å². The van der Waals surface area contributed by atoms with E-state index in [1.165, 1.54) is 6.21 Å². The van der Waals surface area contributed by atoms with Crippen LogP contribution in [0.5, 0.6) is 0 Å². The third-order valence-corrected chi connectivity index (χ3v) is 4.80. The van der Waals surface area contributed by atoms with Gasteiger partial charge >= 0.3 is 0 Å². The zero-order valence-electron chi connectivity index (χ0n) is 23.4. The molecule has 1 atom stereocenters. The van der Waals surface area contributed by atoms with Gasteiger partial charge in [-0.15, -0.1) is 0 Å². The summed E-state index contributed by atoms with van der Waals surface area (Å²) in [5, 5.41) is 13.7. The van der Waals surface area contributed by atoms with Crippen LogP contribution < -0.4 is 5.32 Å². The van der Waals surface area contributed by atoms with E-state index in [0.29, 0.717) is 16.7 Å². The van der Waals surface area contributed by atoms with Crippen molar-refractivity contribution in [3.8, 4) is 0 Å². The number of rotatable bonds is 11. The highest BCUT2D eigenvalue weighted by molar-refractivity contribution is 6.02. The van der Waals surface area contributed by atoms with Crippen molar-refractivity contribution in [2.24, 2.45) is 16.5 Å². The summed E-state index contributed by atoms with van der Waals surface area (Å²) >= 11 is 0. The van der Waals surface area contributed by atoms with E-state index in [0.717, 1.165) is 43.5 Å². The summed E-state index contributed by atoms with van der Waals surface area (Å²) < 4.78 is 0. The Kier molecular flexibility index (Phi) is 18.7. The van der Waals surface area contributed by atoms with Crippen LogP contribution in [0, 0.1) is 16.7 Å². The molecule has 0 heterocycles. The topological polar surface area (TPSA) is 77.8 Å². The molecular formula is C28H50N4O2. The second-order valence-corrected chi connectivity index (χ2v) is 9.45. The number of nitrogens with one attached hydrogen (secondary N) is 2. The highest BCUT2D eigenvalue weighted by atomic mass is 16.6. The van der Waals surface area contributed by atoms with Crippen molar-refractivity contribution in [2.75, 3.05) is 27.7 Å². The van der Waals surface area contributed by atoms with Gasteiger partial charge in [-0.05, 0) is 69.2 Å². The molecule has 6 nitrogen and oxygen atoms in total. The average Bonchev–Trinajstić information content (AvgIpc) is 2.79. The minimum Gasteiger partial charge on any atom is -0.362 e. The third kappa shape index (κ3) is 16.2. The number of carbonyl (C=O) groups is 1. The standard InChI is InChI=1S/C20H31N3O2.C6H13N.C2H6/c1-7-15(2)19(22-25-16(3)9-8-14-23(5)6)17-10-12-18(13-11-17)20(24)21-4;1-6(2,3)4-5-7;1-2/h10-13,15H,3,7-9,14H2,1-2,4-6H3,(H,21,24);5,7H,4H2,1-3H3;1-2H3/b22-19+;;. The van der Waals surface area contributed by atoms with Crippen LogP contribution in [0.1, 0.15) is 90.1 Å². The first-order valence-electron chi connectivity index (χ1n) is 12.3. The molecule has 0 aliphatic carbocycles. The van der Waals surface area contributed by atoms with Gasteiger partial charge in [0, 0.05) is 24.9 Å². The van der Waals surface area contributed by atoms with Crippen LogP contribution in [-0.4, -0.2) is 50.4 Å². The van der Waals surface area contributed by atoms with Crippen molar-refractivity contribution in [3.05, 3.63) is 47.7 Å². The zero-order chi connectivity index (χ0) is 26.7. The lowest BCUT2D eigenvalue weighted by Gasteiger charge is -2.14. The van der Waals surface area contributed by atoms with Gasteiger partial charge in [0.1, 0.15) is 5.76 Å². The smallest absolute Gasteiger partial charge is 0.251 e. The van der Waals surface area contributed by atoms with Crippen molar-refractivity contribution >= 4 is 17.8 Å². The van der Waals surface area contributed by atoms with Crippen LogP contribution in [-0.2, 0) is 4.84 Å². The molecule has 0 aliphatic heterocycles. The lowest BCUT2D eigenvalue weighted by atomic mass is 9.93. The molecule has 0 aromatic heterocycles. The summed E-state index contributed by atoms with van der Waals surface area (Å²) in [6.45, 7) is 19.5. The molecule has 1 rings (SSSR count). The number of oxime groups is 1. The summed E-state index contributed by atoms with van der Waals surface area (Å²) in [4.78, 5) is 19.4. The first-order valence-corrected chi connectivity index (χ1v) is 12.3. The van der Waals surface area contributed by atoms with Crippen molar-refractivity contribution in [1.29, 1.82) is 5.41 Å². The largest absolute Gasteiger partial charge is 0.362 e. The highest BCUT2D eigenvalue weighted by Gasteiger charge is 2.14. The van der Waals surface area contributed by atoms with E-state index in [4.69, 9.17) is 10.2 Å². The van der Waals surface area contributed by atoms with Gasteiger partial charge in [0.05, 0.1) is 5.71 Å². The molecule has 1 unspecified atom stereocenters. The lowest BCUT2D eigenvalue weighted by molar-refractivity contribution is 0.0963. The zero-order valence-corrected chi connectivity index (χ0v) is 23.4. The maximum Gasteiger partial charge on any atom is 0.251 e. The molecule has 1 amide bonds. The van der Waals surface area contributed by atoms with Gasteiger partial charge in [-0.25, -0.2) is 0 Å². The van der Waals surface area contributed by atoms with Crippen LogP contribution >= 0.6 is 0 Å². The van der Waals surface area contributed by atoms with Gasteiger partial charge in [0.2, 0.25) is 0 Å². The second kappa shape index (κ2) is 18.9. The number of benzene rings is 1. The predicted octanol–water partition coefficient (Wildman–Crippen LogP) is 6.77. The van der Waals surface area contributed by atoms with Crippen molar-refractivity contribution < 1.29 is 9.63 Å². The number of allylic oxidation sites excluding steroid dienone is 1. The molecule has 194 valence electrons. The van der Waals surface area contributed by atoms with E-state index in [1.807, 2.05) is 40.1 Å². The Bertz CT molecular complexity index is 732. The number of hydrogen-bond acceptors (Lipinski definition) is 5. The molecule has 0 saturated carbocycles. The molecule has 1 aromatic carbocycles. The maximum atomic E-state index is 11.7. The molecule has 2 N–H and O–H groups in total. The molecule has 1 aromatic rings. The summed E-state index contributed by atoms with van der Waals surface area (Å²) in [6, 6.07) is 7.43. The molecule has 0 radical (unpaired) electrons. The fraction of sp³-hybridized carbons (Fsp3) is 0.607. The number of hydrogen-bond donors (Lipinski definition) is 2. The first kappa shape index (κ1) is 33.7. The Hall–Kier alpha value is -2.47. The SMILES string of the molecule is C=C(CCCN(C)C)O/N=C(/c1ccc(C(=O)NC)cc1)C(C)CC.CC.CC(C)(C)CC=N. The van der Waals surface area contributed by atoms with Gasteiger partial charge in [-0.3, -0.25) is 4.79 Å². The molecule has 6 heteroatoms. The van der Waals surface area contributed by atoms with Crippen molar-refractivity contribution in [3.63, 3.8) is 0 Å². The van der Waals surface area contributed by atoms with Gasteiger partial charge < -0.3 is 20.5 Å². The van der Waals surface area contributed by atoms with Gasteiger partial charge in [-0.2, -0.15) is 0 Å². The summed E-state index contributed by atoms with van der Waals surface area (Å²) in [5.41, 5.74) is 2.77. The van der Waals surface area contributed by atoms with E-state index < -0.39 is 0 Å². The van der Waals surface area contributed by atoms with Crippen LogP contribution in [0.15, 0.2) is 41.8 Å². The quantitative estimate of drug-likeness (QED) is 0.211. The Labute approximate surface area is 209 Å². The van der Waals surface area contributed by atoms with E-state index in [2.05, 4.69) is 56.6 Å². The first-order chi connectivity index (χ1) is 15.9. The van der Waals surface area contributed by atoms with Gasteiger partial charge in [0.25, 0.3) is 5.91 Å². The van der Waals surface area contributed by atoms with Crippen LogP contribution in [0.3, 0.4) is 0 Å². The lowest BCUT2D eigenvalue weighted by Crippen LogP contribution is -2.18. The van der Waals surface area contributed by atoms with E-state index >= 15 is 0 Å². The van der Waals surface area contributed by atoms with Gasteiger partial charge in [-0.1, -0.05) is 72.3 Å². The van der Waals surface area contributed by atoms with Crippen molar-refractivity contribution in [2.45, 2.75) is 74.1 Å². The molecule has 34 heavy (non-hydrogen) atoms. The molecule has 0 saturated heterocycles. The Balaban J connectivity index is 0. The Morgan fingerprint density at radius 2 is 1.74 bits per heavy atom. The van der Waals surface area contributed by atoms with E-state index in [-0.39, 0.29) is 11.8 Å². The summed E-state index contributed by atoms with van der Waals surface area (Å²) in [7, 11) is 5.72. The maximum absolute atomic E-state index is 11.7.